The smallest absolute Gasteiger partial charge is 0.404 e. The average molecular weight is 344 g/mol. The summed E-state index contributed by atoms with van der Waals surface area (Å²) in [6.45, 7) is 2.73. The number of nitrogens with zero attached hydrogens (tertiary/aromatic N) is 3. The van der Waals surface area contributed by atoms with Crippen molar-refractivity contribution in [2.24, 2.45) is 0 Å². The molecule has 1 atom stereocenters. The van der Waals surface area contributed by atoms with Crippen molar-refractivity contribution < 1.29 is 9.90 Å². The molecular weight excluding hydrogens is 324 g/mol. The second kappa shape index (κ2) is 6.03. The molecule has 2 aliphatic rings. The van der Waals surface area contributed by atoms with Gasteiger partial charge < -0.3 is 15.3 Å². The van der Waals surface area contributed by atoms with Crippen LogP contribution in [0.15, 0.2) is 33.9 Å². The Hall–Kier alpha value is -2.61. The van der Waals surface area contributed by atoms with E-state index >= 15 is 0 Å². The van der Waals surface area contributed by atoms with Crippen LogP contribution in [0.2, 0.25) is 0 Å². The number of piperidine rings is 1. The van der Waals surface area contributed by atoms with Crippen LogP contribution in [0.4, 0.5) is 4.79 Å². The summed E-state index contributed by atoms with van der Waals surface area (Å²) >= 11 is 0. The van der Waals surface area contributed by atoms with E-state index in [-0.39, 0.29) is 23.2 Å². The number of carboxylic acid groups (broad SMARTS) is 1. The molecule has 4 rings (SSSR count). The number of carbonyl (C=O) groups is 1. The molecule has 1 fully saturated rings. The summed E-state index contributed by atoms with van der Waals surface area (Å²) in [6.07, 6.45) is 0.526. The van der Waals surface area contributed by atoms with E-state index in [0.717, 1.165) is 31.3 Å². The second-order valence-electron chi connectivity index (χ2n) is 6.78. The summed E-state index contributed by atoms with van der Waals surface area (Å²) in [5.41, 5.74) is 0.530. The third-order valence-corrected chi connectivity index (χ3v) is 5.20. The molecular formula is C17H20N4O4. The topological polar surface area (TPSA) is 96.6 Å². The van der Waals surface area contributed by atoms with Gasteiger partial charge in [-0.3, -0.25) is 18.7 Å². The third kappa shape index (κ3) is 2.82. The Kier molecular flexibility index (Phi) is 3.84. The Balaban J connectivity index is 1.54. The average Bonchev–Trinajstić information content (AvgIpc) is 2.96. The number of pyridine rings is 2. The predicted molar refractivity (Wildman–Crippen MR) is 92.1 cm³/mol. The van der Waals surface area contributed by atoms with Gasteiger partial charge in [-0.15, -0.1) is 0 Å². The lowest BCUT2D eigenvalue weighted by molar-refractivity contribution is 0.157. The van der Waals surface area contributed by atoms with Gasteiger partial charge in [-0.05, 0) is 25.0 Å². The predicted octanol–water partition coefficient (Wildman–Crippen LogP) is 0.450. The lowest BCUT2D eigenvalue weighted by Gasteiger charge is -2.33. The number of rotatable bonds is 3. The molecule has 0 radical (unpaired) electrons. The van der Waals surface area contributed by atoms with Gasteiger partial charge in [-0.2, -0.15) is 0 Å². The van der Waals surface area contributed by atoms with Crippen LogP contribution in [0.5, 0.6) is 0 Å². The van der Waals surface area contributed by atoms with Crippen LogP contribution in [0.1, 0.15) is 18.9 Å². The molecule has 2 aliphatic heterocycles. The van der Waals surface area contributed by atoms with Crippen molar-refractivity contribution in [3.63, 3.8) is 0 Å². The SMILES string of the molecule is O=C(O)NC1CCN(C[C@@H]2Cn3c(=O)ccc4ccc(=O)n2c43)CC1. The highest BCUT2D eigenvalue weighted by atomic mass is 16.4. The van der Waals surface area contributed by atoms with Gasteiger partial charge in [0.25, 0.3) is 11.1 Å². The maximum absolute atomic E-state index is 12.4. The van der Waals surface area contributed by atoms with Crippen LogP contribution >= 0.6 is 0 Å². The van der Waals surface area contributed by atoms with Crippen molar-refractivity contribution in [1.82, 2.24) is 19.4 Å². The van der Waals surface area contributed by atoms with Crippen LogP contribution in [0.25, 0.3) is 11.0 Å². The first-order valence-electron chi connectivity index (χ1n) is 8.50. The summed E-state index contributed by atoms with van der Waals surface area (Å²) in [6, 6.07) is 6.53. The molecule has 2 N–H and O–H groups in total. The Morgan fingerprint density at radius 3 is 2.48 bits per heavy atom. The standard InChI is InChI=1S/C17H20N4O4/c22-14-3-1-11-2-4-15(23)21-13(10-20(14)16(11)21)9-19-7-5-12(6-8-19)18-17(24)25/h1-4,12-13,18H,5-10H2,(H,24,25)/t13-/m1/s1. The second-order valence-corrected chi connectivity index (χ2v) is 6.78. The van der Waals surface area contributed by atoms with E-state index in [1.165, 1.54) is 0 Å². The van der Waals surface area contributed by atoms with Gasteiger partial charge in [-0.1, -0.05) is 0 Å². The zero-order valence-corrected chi connectivity index (χ0v) is 13.7. The molecule has 25 heavy (non-hydrogen) atoms. The number of aromatic nitrogens is 2. The Bertz CT molecular complexity index is 935. The fraction of sp³-hybridized carbons (Fsp3) is 0.471. The van der Waals surface area contributed by atoms with Crippen molar-refractivity contribution in [3.05, 3.63) is 45.0 Å². The van der Waals surface area contributed by atoms with Gasteiger partial charge in [-0.25, -0.2) is 4.79 Å². The molecule has 2 aromatic heterocycles. The largest absolute Gasteiger partial charge is 0.465 e. The molecule has 0 saturated carbocycles. The van der Waals surface area contributed by atoms with Crippen LogP contribution in [0, 0.1) is 0 Å². The van der Waals surface area contributed by atoms with Crippen molar-refractivity contribution in [1.29, 1.82) is 0 Å². The van der Waals surface area contributed by atoms with E-state index in [0.29, 0.717) is 18.7 Å². The van der Waals surface area contributed by atoms with Crippen molar-refractivity contribution in [2.45, 2.75) is 31.5 Å². The van der Waals surface area contributed by atoms with Gasteiger partial charge in [0.1, 0.15) is 5.65 Å². The van der Waals surface area contributed by atoms with Gasteiger partial charge in [0.15, 0.2) is 0 Å². The minimum atomic E-state index is -0.984. The summed E-state index contributed by atoms with van der Waals surface area (Å²) in [5.74, 6) is 0. The quantitative estimate of drug-likeness (QED) is 0.843. The molecule has 1 amide bonds. The zero-order valence-electron chi connectivity index (χ0n) is 13.7. The Morgan fingerprint density at radius 2 is 1.80 bits per heavy atom. The first-order chi connectivity index (χ1) is 12.0. The van der Waals surface area contributed by atoms with Gasteiger partial charge in [0.2, 0.25) is 0 Å². The van der Waals surface area contributed by atoms with Crippen LogP contribution in [-0.2, 0) is 6.54 Å². The molecule has 0 aromatic carbocycles. The van der Waals surface area contributed by atoms with Crippen molar-refractivity contribution in [3.8, 4) is 0 Å². The van der Waals surface area contributed by atoms with Crippen molar-refractivity contribution in [2.75, 3.05) is 19.6 Å². The molecule has 1 saturated heterocycles. The van der Waals surface area contributed by atoms with E-state index in [2.05, 4.69) is 10.2 Å². The van der Waals surface area contributed by atoms with E-state index in [9.17, 15) is 14.4 Å². The minimum absolute atomic E-state index is 0.0108. The van der Waals surface area contributed by atoms with E-state index in [4.69, 9.17) is 5.11 Å². The number of hydrogen-bond donors (Lipinski definition) is 2. The molecule has 8 nitrogen and oxygen atoms in total. The van der Waals surface area contributed by atoms with E-state index < -0.39 is 6.09 Å². The molecule has 0 bridgehead atoms. The molecule has 0 aliphatic carbocycles. The number of hydrogen-bond acceptors (Lipinski definition) is 4. The first-order valence-corrected chi connectivity index (χ1v) is 8.50. The maximum Gasteiger partial charge on any atom is 0.404 e. The van der Waals surface area contributed by atoms with Crippen molar-refractivity contribution >= 4 is 17.1 Å². The van der Waals surface area contributed by atoms with Gasteiger partial charge in [0, 0.05) is 49.7 Å². The highest BCUT2D eigenvalue weighted by molar-refractivity contribution is 5.76. The van der Waals surface area contributed by atoms with E-state index in [1.54, 1.807) is 33.4 Å². The lowest BCUT2D eigenvalue weighted by Crippen LogP contribution is -2.46. The molecule has 0 spiro atoms. The Labute approximate surface area is 143 Å². The third-order valence-electron chi connectivity index (χ3n) is 5.20. The fourth-order valence-electron chi connectivity index (χ4n) is 4.02. The van der Waals surface area contributed by atoms with Gasteiger partial charge in [0.05, 0.1) is 6.04 Å². The summed E-state index contributed by atoms with van der Waals surface area (Å²) < 4.78 is 3.42. The van der Waals surface area contributed by atoms with Gasteiger partial charge >= 0.3 is 6.09 Å². The molecule has 132 valence electrons. The monoisotopic (exact) mass is 344 g/mol. The van der Waals surface area contributed by atoms with E-state index in [1.807, 2.05) is 0 Å². The molecule has 8 heteroatoms. The molecule has 0 unspecified atom stereocenters. The molecule has 4 heterocycles. The summed E-state index contributed by atoms with van der Waals surface area (Å²) in [5, 5.41) is 12.2. The van der Waals surface area contributed by atoms with Crippen LogP contribution < -0.4 is 16.4 Å². The fourth-order valence-corrected chi connectivity index (χ4v) is 4.02. The maximum atomic E-state index is 12.4. The summed E-state index contributed by atoms with van der Waals surface area (Å²) in [4.78, 5) is 37.5. The normalized spacial score (nSPS) is 20.9. The zero-order chi connectivity index (χ0) is 17.6. The number of amides is 1. The summed E-state index contributed by atoms with van der Waals surface area (Å²) in [7, 11) is 0. The number of nitrogens with one attached hydrogen (secondary N) is 1. The highest BCUT2D eigenvalue weighted by Gasteiger charge is 2.29. The van der Waals surface area contributed by atoms with Crippen LogP contribution in [-0.4, -0.2) is 50.9 Å². The highest BCUT2D eigenvalue weighted by Crippen LogP contribution is 2.25. The lowest BCUT2D eigenvalue weighted by atomic mass is 10.0. The molecule has 2 aromatic rings. The minimum Gasteiger partial charge on any atom is -0.465 e. The Morgan fingerprint density at radius 1 is 1.12 bits per heavy atom. The van der Waals surface area contributed by atoms with Crippen LogP contribution in [0.3, 0.4) is 0 Å². The number of likely N-dealkylation sites (tertiary alicyclic amines) is 1. The first kappa shape index (κ1) is 15.9.